The highest BCUT2D eigenvalue weighted by molar-refractivity contribution is 5.93. The van der Waals surface area contributed by atoms with E-state index in [4.69, 9.17) is 0 Å². The Morgan fingerprint density at radius 1 is 0.810 bits per heavy atom. The van der Waals surface area contributed by atoms with Crippen molar-refractivity contribution < 1.29 is 24.0 Å². The summed E-state index contributed by atoms with van der Waals surface area (Å²) in [5.74, 6) is 1.09. The SMILES string of the molecule is C=CCCNC.C=CN.C=CNc1cc(C=O)n(C)c1.C=N/C=C\N(C)CC=O.CCCC=O.CNC.CNCCCN(C)C.CNc1cc(C(C)=O)n(C)c1.Cc1cnc2ccccc2n1.Cc1nc(CCNC=O)cn1C. The number of ketones is 1. The summed E-state index contributed by atoms with van der Waals surface area (Å²) >= 11 is 0. The number of Topliss-reactive ketones (excluding diaryl/α,β-unsaturated/α-hetero) is 1. The van der Waals surface area contributed by atoms with E-state index in [1.54, 1.807) is 48.1 Å². The second-order valence-electron chi connectivity index (χ2n) is 16.7. The minimum absolute atomic E-state index is 0.0917. The van der Waals surface area contributed by atoms with Gasteiger partial charge in [-0.1, -0.05) is 38.3 Å². The second-order valence-corrected chi connectivity index (χ2v) is 16.7. The number of carbonyl (C=O) groups excluding carboxylic acids is 5. The minimum atomic E-state index is 0.0917. The molecule has 0 aliphatic carbocycles. The molecule has 0 aliphatic heterocycles. The number of aryl methyl sites for hydroxylation is 5. The van der Waals surface area contributed by atoms with Gasteiger partial charge in [0.1, 0.15) is 18.4 Å². The topological polar surface area (TPSA) is 256 Å². The fourth-order valence-electron chi connectivity index (χ4n) is 5.28. The normalized spacial score (nSPS) is 9.16. The van der Waals surface area contributed by atoms with E-state index in [0.29, 0.717) is 31.6 Å². The standard InChI is InChI=1S/C9H8N2.C8H13N3O.C8H12N2O.C8H10N2O.C6H10N2O.C6H16N2.C5H11N.C4H8O.C2H7N.C2H5N/c1-7-6-10-8-4-2-3-5-9(8)11-7;1-7-10-8(5-11(7)2)3-4-9-6-12;1-6(11)8-4-7(9-2)5-10(8)3;1-3-9-7-4-8(6-11)10(2)5-7;1-7-3-4-8(2)5-6-9;1-7-5-4-6-8(2)3;1-3-4-5-6-2;1-2-3-4-5;1-3-2;1-2-3/h2-6H,1H3;5-6H,3-4H2,1-2H3,(H,9,12);4-5,9H,1-3H3;3-6,9H,1H2,2H3;3-4,6H,1,5H2,2H3;7H,4-6H2,1-3H3;3,6H,1,4-5H2,2H3;4H,2-3H2,1H3;3H,1-2H3;2H,1,3H2/b;;;;4-3-;;;;;. The molecule has 0 fully saturated rings. The van der Waals surface area contributed by atoms with E-state index in [1.807, 2.05) is 141 Å². The zero-order chi connectivity index (χ0) is 61.2. The number of rotatable bonds is 22. The van der Waals surface area contributed by atoms with Gasteiger partial charge >= 0.3 is 0 Å². The number of hydrogen-bond donors (Lipinski definition) is 7. The number of likely N-dealkylation sites (N-methyl/N-ethyl adjacent to an activating group) is 1. The van der Waals surface area contributed by atoms with Crippen LogP contribution >= 0.6 is 0 Å². The van der Waals surface area contributed by atoms with E-state index in [9.17, 15) is 24.0 Å². The van der Waals surface area contributed by atoms with Gasteiger partial charge in [0.25, 0.3) is 0 Å². The Kier molecular flexibility index (Phi) is 58.6. The van der Waals surface area contributed by atoms with Crippen LogP contribution in [0, 0.1) is 13.8 Å². The third kappa shape index (κ3) is 49.5. The van der Waals surface area contributed by atoms with Crippen molar-refractivity contribution in [1.29, 1.82) is 0 Å². The van der Waals surface area contributed by atoms with Gasteiger partial charge in [-0.3, -0.25) is 24.4 Å². The van der Waals surface area contributed by atoms with E-state index in [-0.39, 0.29) is 5.78 Å². The van der Waals surface area contributed by atoms with Gasteiger partial charge in [-0.15, -0.1) is 6.58 Å². The van der Waals surface area contributed by atoms with Gasteiger partial charge in [-0.05, 0) is 138 Å². The fourth-order valence-corrected chi connectivity index (χ4v) is 5.28. The van der Waals surface area contributed by atoms with Crippen LogP contribution in [0.5, 0.6) is 0 Å². The van der Waals surface area contributed by atoms with E-state index in [0.717, 1.165) is 96.5 Å². The Labute approximate surface area is 474 Å². The predicted molar refractivity (Wildman–Crippen MR) is 333 cm³/mol. The van der Waals surface area contributed by atoms with Crippen LogP contribution in [0.25, 0.3) is 11.0 Å². The Balaban J connectivity index is -0.000000263. The lowest BCUT2D eigenvalue weighted by molar-refractivity contribution is -0.109. The van der Waals surface area contributed by atoms with Crippen LogP contribution in [-0.2, 0) is 41.9 Å². The summed E-state index contributed by atoms with van der Waals surface area (Å²) in [6, 6.07) is 11.5. The molecule has 79 heavy (non-hydrogen) atoms. The number of hydrogen-bond acceptors (Lipinski definition) is 17. The average Bonchev–Trinajstić information content (AvgIpc) is 4.10. The molecule has 5 aromatic rings. The summed E-state index contributed by atoms with van der Waals surface area (Å²) in [7, 11) is 21.1. The number of unbranched alkanes of at least 4 members (excludes halogenated alkanes) is 1. The molecule has 8 N–H and O–H groups in total. The molecule has 4 aromatic heterocycles. The van der Waals surface area contributed by atoms with Crippen molar-refractivity contribution in [2.45, 2.75) is 59.8 Å². The maximum Gasteiger partial charge on any atom is 0.207 e. The van der Waals surface area contributed by atoms with Crippen LogP contribution in [0.15, 0.2) is 117 Å². The van der Waals surface area contributed by atoms with Crippen molar-refractivity contribution in [3.05, 3.63) is 140 Å². The number of nitrogens with zero attached hydrogens (tertiary/aromatic N) is 9. The number of aliphatic imine (C=N–C) groups is 1. The summed E-state index contributed by atoms with van der Waals surface area (Å²) in [5.41, 5.74) is 11.7. The first-order valence-corrected chi connectivity index (χ1v) is 25.6. The lowest BCUT2D eigenvalue weighted by atomic mass is 10.3. The fraction of sp³-hybridized carbons (Fsp3) is 0.431. The third-order valence-corrected chi connectivity index (χ3v) is 9.25. The number of para-hydroxylation sites is 2. The zero-order valence-electron chi connectivity index (χ0n) is 50.5. The first-order valence-electron chi connectivity index (χ1n) is 25.6. The summed E-state index contributed by atoms with van der Waals surface area (Å²) in [4.78, 5) is 70.7. The molecule has 21 nitrogen and oxygen atoms in total. The van der Waals surface area contributed by atoms with E-state index in [2.05, 4.69) is 103 Å². The van der Waals surface area contributed by atoms with Gasteiger partial charge in [0, 0.05) is 98.7 Å². The van der Waals surface area contributed by atoms with Crippen LogP contribution < -0.4 is 37.6 Å². The van der Waals surface area contributed by atoms with Crippen LogP contribution in [0.2, 0.25) is 0 Å². The number of benzene rings is 1. The molecule has 0 radical (unpaired) electrons. The zero-order valence-corrected chi connectivity index (χ0v) is 50.5. The lowest BCUT2D eigenvalue weighted by Crippen LogP contribution is -2.18. The largest absolute Gasteiger partial charge is 0.405 e. The number of nitrogens with one attached hydrogen (secondary N) is 6. The van der Waals surface area contributed by atoms with Crippen LogP contribution in [-0.4, -0.2) is 165 Å². The highest BCUT2D eigenvalue weighted by Gasteiger charge is 2.05. The molecular formula is C58H100N16O5. The van der Waals surface area contributed by atoms with Crippen molar-refractivity contribution >= 4 is 60.2 Å². The first kappa shape index (κ1) is 80.0. The van der Waals surface area contributed by atoms with E-state index < -0.39 is 0 Å². The summed E-state index contributed by atoms with van der Waals surface area (Å²) in [6.07, 6.45) is 23.5. The molecule has 1 amide bonds. The van der Waals surface area contributed by atoms with Crippen molar-refractivity contribution in [3.63, 3.8) is 0 Å². The number of imidazole rings is 1. The Hall–Kier alpha value is -7.85. The number of nitrogens with two attached hydrogens (primary N) is 1. The van der Waals surface area contributed by atoms with Gasteiger partial charge in [-0.2, -0.15) is 0 Å². The number of anilines is 2. The molecule has 442 valence electrons. The summed E-state index contributed by atoms with van der Waals surface area (Å²) in [6.45, 7) is 25.3. The van der Waals surface area contributed by atoms with Gasteiger partial charge in [0.2, 0.25) is 6.41 Å². The maximum atomic E-state index is 10.9. The Bertz CT molecular complexity index is 2340. The number of fused-ring (bicyclic) bond motifs is 1. The molecule has 0 bridgehead atoms. The van der Waals surface area contributed by atoms with Crippen LogP contribution in [0.4, 0.5) is 11.4 Å². The molecule has 0 unspecified atom stereocenters. The van der Waals surface area contributed by atoms with E-state index in [1.165, 1.54) is 25.4 Å². The van der Waals surface area contributed by atoms with Crippen molar-refractivity contribution in [2.75, 3.05) is 99.7 Å². The summed E-state index contributed by atoms with van der Waals surface area (Å²) < 4.78 is 5.53. The Morgan fingerprint density at radius 2 is 1.42 bits per heavy atom. The molecule has 1 aromatic carbocycles. The quantitative estimate of drug-likeness (QED) is 0.0124. The molecular weight excluding hydrogens is 1000 g/mol. The van der Waals surface area contributed by atoms with Crippen molar-refractivity contribution in [2.24, 2.45) is 31.9 Å². The first-order chi connectivity index (χ1) is 37.8. The predicted octanol–water partition coefficient (Wildman–Crippen LogP) is 6.76. The number of aromatic nitrogens is 6. The highest BCUT2D eigenvalue weighted by atomic mass is 16.1. The minimum Gasteiger partial charge on any atom is -0.405 e. The smallest absolute Gasteiger partial charge is 0.207 e. The lowest BCUT2D eigenvalue weighted by Gasteiger charge is -2.07. The van der Waals surface area contributed by atoms with Gasteiger partial charge < -0.3 is 70.7 Å². The molecule has 0 aliphatic rings. The number of carbonyl (C=O) groups is 5. The Morgan fingerprint density at radius 3 is 1.81 bits per heavy atom. The molecule has 21 heteroatoms. The number of aldehydes is 3. The molecule has 0 saturated heterocycles. The molecule has 5 rings (SSSR count). The van der Waals surface area contributed by atoms with Gasteiger partial charge in [0.15, 0.2) is 12.1 Å². The molecule has 0 atom stereocenters. The molecule has 4 heterocycles. The second kappa shape index (κ2) is 57.8. The highest BCUT2D eigenvalue weighted by Crippen LogP contribution is 2.12. The van der Waals surface area contributed by atoms with Gasteiger partial charge in [-0.25, -0.2) is 9.97 Å². The maximum absolute atomic E-state index is 10.9. The van der Waals surface area contributed by atoms with E-state index >= 15 is 0 Å². The summed E-state index contributed by atoms with van der Waals surface area (Å²) in [5, 5.41) is 17.3. The third-order valence-electron chi connectivity index (χ3n) is 9.25. The monoisotopic (exact) mass is 1100 g/mol. The van der Waals surface area contributed by atoms with Gasteiger partial charge in [0.05, 0.1) is 51.7 Å². The van der Waals surface area contributed by atoms with Crippen LogP contribution in [0.3, 0.4) is 0 Å². The van der Waals surface area contributed by atoms with Crippen LogP contribution in [0.1, 0.15) is 77.7 Å². The number of amides is 1. The van der Waals surface area contributed by atoms with Crippen molar-refractivity contribution in [3.8, 4) is 0 Å². The molecule has 0 spiro atoms. The average molecular weight is 1100 g/mol. The van der Waals surface area contributed by atoms with Crippen molar-refractivity contribution in [1.82, 2.24) is 59.7 Å². The molecule has 0 saturated carbocycles.